The van der Waals surface area contributed by atoms with Gasteiger partial charge < -0.3 is 0 Å². The fourth-order valence-electron chi connectivity index (χ4n) is 2.18. The fourth-order valence-corrected chi connectivity index (χ4v) is 2.66. The fraction of sp³-hybridized carbons (Fsp3) is 0.250. The first kappa shape index (κ1) is 14.4. The maximum absolute atomic E-state index is 13.1. The van der Waals surface area contributed by atoms with Gasteiger partial charge in [0.2, 0.25) is 0 Å². The van der Waals surface area contributed by atoms with Crippen molar-refractivity contribution in [2.75, 3.05) is 5.88 Å². The van der Waals surface area contributed by atoms with Crippen LogP contribution in [0.15, 0.2) is 42.5 Å². The summed E-state index contributed by atoms with van der Waals surface area (Å²) in [5.41, 5.74) is 3.19. The summed E-state index contributed by atoms with van der Waals surface area (Å²) in [5, 5.41) is 0.712. The van der Waals surface area contributed by atoms with Gasteiger partial charge in [-0.15, -0.1) is 11.6 Å². The number of hydrogen-bond donors (Lipinski definition) is 0. The smallest absolute Gasteiger partial charge is 0.123 e. The lowest BCUT2D eigenvalue weighted by molar-refractivity contribution is 0.624. The molecule has 1 unspecified atom stereocenters. The van der Waals surface area contributed by atoms with Crippen LogP contribution in [0, 0.1) is 12.7 Å². The monoisotopic (exact) mass is 296 g/mol. The molecule has 19 heavy (non-hydrogen) atoms. The first-order valence-electron chi connectivity index (χ1n) is 6.16. The van der Waals surface area contributed by atoms with Gasteiger partial charge in [-0.3, -0.25) is 0 Å². The van der Waals surface area contributed by atoms with E-state index >= 15 is 0 Å². The number of alkyl halides is 1. The molecule has 100 valence electrons. The molecule has 0 saturated carbocycles. The van der Waals surface area contributed by atoms with Gasteiger partial charge in [0.05, 0.1) is 0 Å². The average Bonchev–Trinajstić information content (AvgIpc) is 2.38. The van der Waals surface area contributed by atoms with Crippen LogP contribution in [0.5, 0.6) is 0 Å². The normalized spacial score (nSPS) is 12.4. The Labute approximate surface area is 123 Å². The molecule has 0 fully saturated rings. The molecule has 0 amide bonds. The molecule has 2 rings (SSSR count). The highest BCUT2D eigenvalue weighted by Crippen LogP contribution is 2.26. The Morgan fingerprint density at radius 3 is 2.58 bits per heavy atom. The highest BCUT2D eigenvalue weighted by Gasteiger charge is 2.13. The number of hydrogen-bond acceptors (Lipinski definition) is 0. The Hall–Kier alpha value is -1.05. The highest BCUT2D eigenvalue weighted by molar-refractivity contribution is 6.30. The number of rotatable bonds is 4. The summed E-state index contributed by atoms with van der Waals surface area (Å²) in [4.78, 5) is 0. The van der Waals surface area contributed by atoms with Crippen LogP contribution >= 0.6 is 23.2 Å². The molecule has 0 aliphatic carbocycles. The zero-order chi connectivity index (χ0) is 13.8. The second-order valence-corrected chi connectivity index (χ2v) is 5.43. The van der Waals surface area contributed by atoms with E-state index < -0.39 is 0 Å². The molecule has 1 atom stereocenters. The average molecular weight is 297 g/mol. The van der Waals surface area contributed by atoms with Crippen molar-refractivity contribution in [3.63, 3.8) is 0 Å². The molecule has 0 radical (unpaired) electrons. The van der Waals surface area contributed by atoms with Crippen LogP contribution in [0.1, 0.15) is 22.6 Å². The lowest BCUT2D eigenvalue weighted by Crippen LogP contribution is -2.06. The van der Waals surface area contributed by atoms with Crippen molar-refractivity contribution >= 4 is 23.2 Å². The third-order valence-corrected chi connectivity index (χ3v) is 3.88. The van der Waals surface area contributed by atoms with Crippen LogP contribution in [-0.4, -0.2) is 5.88 Å². The van der Waals surface area contributed by atoms with E-state index in [2.05, 4.69) is 0 Å². The van der Waals surface area contributed by atoms with Crippen molar-refractivity contribution in [1.29, 1.82) is 0 Å². The molecular formula is C16H15Cl2F. The highest BCUT2D eigenvalue weighted by atomic mass is 35.5. The topological polar surface area (TPSA) is 0 Å². The standard InChI is InChI=1S/C16H15Cl2F/c1-11-7-16(19)6-5-12(11)8-14(10-17)13-3-2-4-15(18)9-13/h2-7,9,14H,8,10H2,1H3. The van der Waals surface area contributed by atoms with E-state index in [4.69, 9.17) is 23.2 Å². The minimum Gasteiger partial charge on any atom is -0.207 e. The molecule has 0 saturated heterocycles. The summed E-state index contributed by atoms with van der Waals surface area (Å²) in [6, 6.07) is 12.6. The first-order chi connectivity index (χ1) is 9.10. The van der Waals surface area contributed by atoms with Crippen LogP contribution in [0.25, 0.3) is 0 Å². The van der Waals surface area contributed by atoms with Gasteiger partial charge in [0.15, 0.2) is 0 Å². The molecule has 0 aliphatic heterocycles. The van der Waals surface area contributed by atoms with Gasteiger partial charge in [0.25, 0.3) is 0 Å². The summed E-state index contributed by atoms with van der Waals surface area (Å²) < 4.78 is 13.1. The molecule has 2 aromatic carbocycles. The first-order valence-corrected chi connectivity index (χ1v) is 7.08. The predicted octanol–water partition coefficient (Wildman–Crippen LogP) is 5.35. The van der Waals surface area contributed by atoms with Crippen molar-refractivity contribution in [2.45, 2.75) is 19.3 Å². The van der Waals surface area contributed by atoms with Gasteiger partial charge in [-0.2, -0.15) is 0 Å². The Morgan fingerprint density at radius 2 is 1.95 bits per heavy atom. The largest absolute Gasteiger partial charge is 0.207 e. The molecule has 0 bridgehead atoms. The summed E-state index contributed by atoms with van der Waals surface area (Å²) in [7, 11) is 0. The molecule has 0 aromatic heterocycles. The lowest BCUT2D eigenvalue weighted by atomic mass is 9.91. The maximum Gasteiger partial charge on any atom is 0.123 e. The predicted molar refractivity (Wildman–Crippen MR) is 79.8 cm³/mol. The minimum absolute atomic E-state index is 0.185. The van der Waals surface area contributed by atoms with Crippen LogP contribution < -0.4 is 0 Å². The number of halogens is 3. The van der Waals surface area contributed by atoms with Crippen molar-refractivity contribution in [1.82, 2.24) is 0 Å². The van der Waals surface area contributed by atoms with Crippen molar-refractivity contribution < 1.29 is 4.39 Å². The van der Waals surface area contributed by atoms with Crippen LogP contribution in [-0.2, 0) is 6.42 Å². The summed E-state index contributed by atoms with van der Waals surface area (Å²) in [6.45, 7) is 1.92. The van der Waals surface area contributed by atoms with E-state index in [9.17, 15) is 4.39 Å². The van der Waals surface area contributed by atoms with E-state index in [-0.39, 0.29) is 11.7 Å². The molecule has 0 nitrogen and oxygen atoms in total. The van der Waals surface area contributed by atoms with Gasteiger partial charge in [-0.25, -0.2) is 4.39 Å². The van der Waals surface area contributed by atoms with Gasteiger partial charge in [-0.1, -0.05) is 29.8 Å². The van der Waals surface area contributed by atoms with E-state index in [1.165, 1.54) is 6.07 Å². The third kappa shape index (κ3) is 3.71. The van der Waals surface area contributed by atoms with Crippen LogP contribution in [0.2, 0.25) is 5.02 Å². The van der Waals surface area contributed by atoms with Gasteiger partial charge in [-0.05, 0) is 54.3 Å². The Bertz CT molecular complexity index is 566. The molecule has 0 heterocycles. The maximum atomic E-state index is 13.1. The van der Waals surface area contributed by atoms with Crippen LogP contribution in [0.3, 0.4) is 0 Å². The molecule has 0 N–H and O–H groups in total. The van der Waals surface area contributed by atoms with E-state index in [0.29, 0.717) is 10.9 Å². The Kier molecular flexibility index (Phi) is 4.84. The second kappa shape index (κ2) is 6.40. The zero-order valence-corrected chi connectivity index (χ0v) is 12.2. The van der Waals surface area contributed by atoms with Gasteiger partial charge >= 0.3 is 0 Å². The van der Waals surface area contributed by atoms with E-state index in [1.54, 1.807) is 6.07 Å². The summed E-state index contributed by atoms with van der Waals surface area (Å²) in [5.74, 6) is 0.493. The quantitative estimate of drug-likeness (QED) is 0.667. The van der Waals surface area contributed by atoms with Crippen molar-refractivity contribution in [3.8, 4) is 0 Å². The third-order valence-electron chi connectivity index (χ3n) is 3.28. The summed E-state index contributed by atoms with van der Waals surface area (Å²) in [6.07, 6.45) is 0.788. The van der Waals surface area contributed by atoms with Crippen molar-refractivity contribution in [3.05, 3.63) is 70.0 Å². The number of aryl methyl sites for hydroxylation is 1. The molecule has 0 aliphatic rings. The van der Waals surface area contributed by atoms with Crippen LogP contribution in [0.4, 0.5) is 4.39 Å². The SMILES string of the molecule is Cc1cc(F)ccc1CC(CCl)c1cccc(Cl)c1. The zero-order valence-electron chi connectivity index (χ0n) is 10.7. The second-order valence-electron chi connectivity index (χ2n) is 4.68. The molecular weight excluding hydrogens is 282 g/mol. The molecule has 3 heteroatoms. The van der Waals surface area contributed by atoms with E-state index in [0.717, 1.165) is 23.1 Å². The van der Waals surface area contributed by atoms with Gasteiger partial charge in [0.1, 0.15) is 5.82 Å². The Balaban J connectivity index is 2.24. The minimum atomic E-state index is -0.202. The summed E-state index contributed by atoms with van der Waals surface area (Å²) >= 11 is 12.1. The van der Waals surface area contributed by atoms with Crippen molar-refractivity contribution in [2.24, 2.45) is 0 Å². The number of benzene rings is 2. The molecule has 2 aromatic rings. The Morgan fingerprint density at radius 1 is 1.16 bits per heavy atom. The van der Waals surface area contributed by atoms with E-state index in [1.807, 2.05) is 37.3 Å². The lowest BCUT2D eigenvalue weighted by Gasteiger charge is -2.16. The molecule has 0 spiro atoms. The van der Waals surface area contributed by atoms with Gasteiger partial charge in [0, 0.05) is 16.8 Å².